The third-order valence-corrected chi connectivity index (χ3v) is 2.28. The van der Waals surface area contributed by atoms with Crippen LogP contribution >= 0.6 is 0 Å². The molecule has 0 aliphatic carbocycles. The van der Waals surface area contributed by atoms with E-state index < -0.39 is 0 Å². The molecule has 0 amide bonds. The molecule has 0 unspecified atom stereocenters. The van der Waals surface area contributed by atoms with Gasteiger partial charge in [0.05, 0.1) is 12.3 Å². The molecule has 0 radical (unpaired) electrons. The highest BCUT2D eigenvalue weighted by atomic mass is 16.5. The molecule has 0 spiro atoms. The number of hydrogen-bond donors (Lipinski definition) is 1. The summed E-state index contributed by atoms with van der Waals surface area (Å²) in [4.78, 5) is 0. The van der Waals surface area contributed by atoms with Crippen LogP contribution in [0, 0.1) is 6.92 Å². The van der Waals surface area contributed by atoms with Gasteiger partial charge in [-0.15, -0.1) is 0 Å². The number of rotatable bonds is 0. The molecule has 1 aliphatic heterocycles. The van der Waals surface area contributed by atoms with Gasteiger partial charge in [-0.1, -0.05) is 6.07 Å². The molecule has 0 aromatic heterocycles. The van der Waals surface area contributed by atoms with Crippen molar-refractivity contribution < 1.29 is 4.74 Å². The topological polar surface area (TPSA) is 21.3 Å². The zero-order valence-corrected chi connectivity index (χ0v) is 7.97. The van der Waals surface area contributed by atoms with Gasteiger partial charge in [0.2, 0.25) is 0 Å². The van der Waals surface area contributed by atoms with E-state index >= 15 is 0 Å². The SMILES string of the molecule is Cc1ccc2c(c1)OCCCCN2. The molecule has 1 aromatic carbocycles. The summed E-state index contributed by atoms with van der Waals surface area (Å²) in [6.45, 7) is 3.99. The minimum absolute atomic E-state index is 0.845. The Hall–Kier alpha value is -1.18. The number of nitrogens with one attached hydrogen (secondary N) is 1. The van der Waals surface area contributed by atoms with Gasteiger partial charge in [0.15, 0.2) is 0 Å². The van der Waals surface area contributed by atoms with Crippen molar-refractivity contribution in [2.75, 3.05) is 18.5 Å². The van der Waals surface area contributed by atoms with E-state index in [1.165, 1.54) is 12.0 Å². The molecule has 70 valence electrons. The van der Waals surface area contributed by atoms with Crippen LogP contribution in [0.15, 0.2) is 18.2 Å². The molecular weight excluding hydrogens is 162 g/mol. The standard InChI is InChI=1S/C11H15NO/c1-9-4-5-10-11(8-9)13-7-3-2-6-12-10/h4-5,8,12H,2-3,6-7H2,1H3. The molecule has 0 atom stereocenters. The first-order valence-electron chi connectivity index (χ1n) is 4.83. The van der Waals surface area contributed by atoms with Gasteiger partial charge in [0, 0.05) is 6.54 Å². The number of benzene rings is 1. The quantitative estimate of drug-likeness (QED) is 0.657. The van der Waals surface area contributed by atoms with Gasteiger partial charge in [-0.2, -0.15) is 0 Å². The van der Waals surface area contributed by atoms with Crippen LogP contribution in [0.4, 0.5) is 5.69 Å². The average Bonchev–Trinajstić information content (AvgIpc) is 2.08. The van der Waals surface area contributed by atoms with E-state index in [0.717, 1.165) is 31.0 Å². The highest BCUT2D eigenvalue weighted by molar-refractivity contribution is 5.57. The van der Waals surface area contributed by atoms with Crippen LogP contribution in [0.3, 0.4) is 0 Å². The van der Waals surface area contributed by atoms with Crippen LogP contribution in [0.1, 0.15) is 18.4 Å². The van der Waals surface area contributed by atoms with Gasteiger partial charge in [-0.3, -0.25) is 0 Å². The lowest BCUT2D eigenvalue weighted by molar-refractivity contribution is 0.306. The fraction of sp³-hybridized carbons (Fsp3) is 0.455. The zero-order valence-electron chi connectivity index (χ0n) is 7.97. The fourth-order valence-corrected chi connectivity index (χ4v) is 1.53. The molecule has 13 heavy (non-hydrogen) atoms. The summed E-state index contributed by atoms with van der Waals surface area (Å²) in [5, 5.41) is 3.37. The minimum atomic E-state index is 0.845. The Morgan fingerprint density at radius 2 is 2.23 bits per heavy atom. The highest BCUT2D eigenvalue weighted by Crippen LogP contribution is 2.26. The Labute approximate surface area is 78.9 Å². The second kappa shape index (κ2) is 3.69. The van der Waals surface area contributed by atoms with Gasteiger partial charge in [0.25, 0.3) is 0 Å². The summed E-state index contributed by atoms with van der Waals surface area (Å²) in [6.07, 6.45) is 2.33. The molecule has 1 aliphatic rings. The molecule has 0 fully saturated rings. The fourth-order valence-electron chi connectivity index (χ4n) is 1.53. The maximum absolute atomic E-state index is 5.65. The van der Waals surface area contributed by atoms with Gasteiger partial charge < -0.3 is 10.1 Å². The van der Waals surface area contributed by atoms with Gasteiger partial charge >= 0.3 is 0 Å². The van der Waals surface area contributed by atoms with Crippen molar-refractivity contribution in [3.63, 3.8) is 0 Å². The predicted molar refractivity (Wildman–Crippen MR) is 54.4 cm³/mol. The van der Waals surface area contributed by atoms with Crippen LogP contribution in [-0.2, 0) is 0 Å². The van der Waals surface area contributed by atoms with Crippen molar-refractivity contribution in [1.29, 1.82) is 0 Å². The molecule has 1 aromatic rings. The molecule has 2 nitrogen and oxygen atoms in total. The summed E-state index contributed by atoms with van der Waals surface area (Å²) in [5.74, 6) is 1.000. The molecule has 2 heteroatoms. The minimum Gasteiger partial charge on any atom is -0.491 e. The van der Waals surface area contributed by atoms with Crippen molar-refractivity contribution >= 4 is 5.69 Å². The van der Waals surface area contributed by atoms with E-state index in [1.807, 2.05) is 0 Å². The van der Waals surface area contributed by atoms with Crippen LogP contribution < -0.4 is 10.1 Å². The van der Waals surface area contributed by atoms with Crippen molar-refractivity contribution in [3.05, 3.63) is 23.8 Å². The van der Waals surface area contributed by atoms with E-state index in [-0.39, 0.29) is 0 Å². The Kier molecular flexibility index (Phi) is 2.39. The van der Waals surface area contributed by atoms with E-state index in [4.69, 9.17) is 4.74 Å². The second-order valence-electron chi connectivity index (χ2n) is 3.48. The Morgan fingerprint density at radius 1 is 1.31 bits per heavy atom. The van der Waals surface area contributed by atoms with E-state index in [2.05, 4.69) is 30.4 Å². The van der Waals surface area contributed by atoms with Crippen LogP contribution in [-0.4, -0.2) is 13.2 Å². The molecule has 1 N–H and O–H groups in total. The lowest BCUT2D eigenvalue weighted by Gasteiger charge is -2.17. The first-order chi connectivity index (χ1) is 6.36. The van der Waals surface area contributed by atoms with Crippen molar-refractivity contribution in [2.45, 2.75) is 19.8 Å². The highest BCUT2D eigenvalue weighted by Gasteiger charge is 2.06. The van der Waals surface area contributed by atoms with Gasteiger partial charge in [0.1, 0.15) is 5.75 Å². The average molecular weight is 177 g/mol. The molecule has 0 saturated heterocycles. The first kappa shape index (κ1) is 8.42. The van der Waals surface area contributed by atoms with Crippen LogP contribution in [0.2, 0.25) is 0 Å². The number of anilines is 1. The Bertz CT molecular complexity index is 296. The van der Waals surface area contributed by atoms with Crippen LogP contribution in [0.25, 0.3) is 0 Å². The summed E-state index contributed by atoms with van der Waals surface area (Å²) in [6, 6.07) is 6.29. The number of aryl methyl sites for hydroxylation is 1. The molecular formula is C11H15NO. The maximum atomic E-state index is 5.65. The number of fused-ring (bicyclic) bond motifs is 1. The third-order valence-electron chi connectivity index (χ3n) is 2.28. The van der Waals surface area contributed by atoms with E-state index in [9.17, 15) is 0 Å². The van der Waals surface area contributed by atoms with Crippen molar-refractivity contribution in [2.24, 2.45) is 0 Å². The predicted octanol–water partition coefficient (Wildman–Crippen LogP) is 2.58. The Morgan fingerprint density at radius 3 is 3.15 bits per heavy atom. The van der Waals surface area contributed by atoms with Gasteiger partial charge in [-0.25, -0.2) is 0 Å². The number of hydrogen-bond acceptors (Lipinski definition) is 2. The zero-order chi connectivity index (χ0) is 9.10. The summed E-state index contributed by atoms with van der Waals surface area (Å²) < 4.78 is 5.65. The largest absolute Gasteiger partial charge is 0.491 e. The smallest absolute Gasteiger partial charge is 0.142 e. The maximum Gasteiger partial charge on any atom is 0.142 e. The van der Waals surface area contributed by atoms with Crippen molar-refractivity contribution in [1.82, 2.24) is 0 Å². The number of ether oxygens (including phenoxy) is 1. The molecule has 2 rings (SSSR count). The van der Waals surface area contributed by atoms with Gasteiger partial charge in [-0.05, 0) is 37.5 Å². The Balaban J connectivity index is 2.28. The summed E-state index contributed by atoms with van der Waals surface area (Å²) in [5.41, 5.74) is 2.38. The lowest BCUT2D eigenvalue weighted by atomic mass is 10.2. The van der Waals surface area contributed by atoms with Crippen molar-refractivity contribution in [3.8, 4) is 5.75 Å². The third kappa shape index (κ3) is 1.94. The molecule has 0 saturated carbocycles. The lowest BCUT2D eigenvalue weighted by Crippen LogP contribution is -2.10. The molecule has 1 heterocycles. The van der Waals surface area contributed by atoms with E-state index in [1.54, 1.807) is 0 Å². The monoisotopic (exact) mass is 177 g/mol. The second-order valence-corrected chi connectivity index (χ2v) is 3.48. The van der Waals surface area contributed by atoms with E-state index in [0.29, 0.717) is 0 Å². The molecule has 0 bridgehead atoms. The normalized spacial score (nSPS) is 16.1. The summed E-state index contributed by atoms with van der Waals surface area (Å²) >= 11 is 0. The van der Waals surface area contributed by atoms with Crippen LogP contribution in [0.5, 0.6) is 5.75 Å². The first-order valence-corrected chi connectivity index (χ1v) is 4.83. The summed E-state index contributed by atoms with van der Waals surface area (Å²) in [7, 11) is 0.